The first-order chi connectivity index (χ1) is 7.10. The molecule has 2 fully saturated rings. The van der Waals surface area contributed by atoms with Gasteiger partial charge in [-0.1, -0.05) is 19.8 Å². The number of rotatable bonds is 4. The van der Waals surface area contributed by atoms with Crippen molar-refractivity contribution in [3.05, 3.63) is 0 Å². The summed E-state index contributed by atoms with van der Waals surface area (Å²) >= 11 is 0. The van der Waals surface area contributed by atoms with Gasteiger partial charge < -0.3 is 11.1 Å². The molecule has 0 unspecified atom stereocenters. The molecule has 0 saturated heterocycles. The summed E-state index contributed by atoms with van der Waals surface area (Å²) in [5.74, 6) is 0.204. The summed E-state index contributed by atoms with van der Waals surface area (Å²) in [6, 6.07) is 0. The average Bonchev–Trinajstić information content (AvgIpc) is 2.81. The fraction of sp³-hybridized carbons (Fsp3) is 0.917. The highest BCUT2D eigenvalue weighted by molar-refractivity contribution is 5.85. The van der Waals surface area contributed by atoms with Gasteiger partial charge in [0.2, 0.25) is 5.91 Å². The second-order valence-corrected chi connectivity index (χ2v) is 5.68. The Hall–Kier alpha value is -0.280. The molecule has 0 aliphatic heterocycles. The van der Waals surface area contributed by atoms with E-state index in [9.17, 15) is 4.79 Å². The van der Waals surface area contributed by atoms with Gasteiger partial charge in [0.15, 0.2) is 0 Å². The predicted octanol–water partition coefficient (Wildman–Crippen LogP) is 1.84. The Morgan fingerprint density at radius 1 is 1.25 bits per heavy atom. The van der Waals surface area contributed by atoms with Gasteiger partial charge in [-0.3, -0.25) is 4.79 Å². The van der Waals surface area contributed by atoms with Crippen LogP contribution >= 0.6 is 12.4 Å². The number of halogens is 1. The summed E-state index contributed by atoms with van der Waals surface area (Å²) in [6.45, 7) is 3.58. The Balaban J connectivity index is 0.00000128. The molecule has 2 rings (SSSR count). The van der Waals surface area contributed by atoms with Crippen molar-refractivity contribution in [3.8, 4) is 0 Å². The highest BCUT2D eigenvalue weighted by Gasteiger charge is 2.42. The molecule has 1 amide bonds. The largest absolute Gasteiger partial charge is 0.355 e. The molecule has 16 heavy (non-hydrogen) atoms. The van der Waals surface area contributed by atoms with Crippen LogP contribution in [0.5, 0.6) is 0 Å². The van der Waals surface area contributed by atoms with Gasteiger partial charge in [0, 0.05) is 13.1 Å². The van der Waals surface area contributed by atoms with Gasteiger partial charge >= 0.3 is 0 Å². The summed E-state index contributed by atoms with van der Waals surface area (Å²) in [5.41, 5.74) is 5.93. The minimum atomic E-state index is -0.231. The summed E-state index contributed by atoms with van der Waals surface area (Å²) in [7, 11) is 0. The van der Waals surface area contributed by atoms with E-state index in [-0.39, 0.29) is 23.7 Å². The molecule has 0 aromatic heterocycles. The third-order valence-electron chi connectivity index (χ3n) is 4.21. The van der Waals surface area contributed by atoms with E-state index in [1.54, 1.807) is 0 Å². The summed E-state index contributed by atoms with van der Waals surface area (Å²) in [4.78, 5) is 12.1. The molecule has 0 spiro atoms. The van der Waals surface area contributed by atoms with Crippen molar-refractivity contribution in [1.82, 2.24) is 5.32 Å². The lowest BCUT2D eigenvalue weighted by Crippen LogP contribution is -2.45. The zero-order valence-corrected chi connectivity index (χ0v) is 10.9. The van der Waals surface area contributed by atoms with E-state index in [0.29, 0.717) is 12.0 Å². The van der Waals surface area contributed by atoms with E-state index in [2.05, 4.69) is 12.2 Å². The van der Waals surface area contributed by atoms with Crippen LogP contribution in [0.2, 0.25) is 0 Å². The summed E-state index contributed by atoms with van der Waals surface area (Å²) in [6.07, 6.45) is 6.77. The molecule has 0 radical (unpaired) electrons. The van der Waals surface area contributed by atoms with Crippen LogP contribution in [-0.4, -0.2) is 19.0 Å². The van der Waals surface area contributed by atoms with E-state index in [4.69, 9.17) is 5.73 Å². The third-order valence-corrected chi connectivity index (χ3v) is 4.21. The number of nitrogens with two attached hydrogens (primary N) is 1. The molecule has 2 aliphatic carbocycles. The topological polar surface area (TPSA) is 55.1 Å². The highest BCUT2D eigenvalue weighted by Crippen LogP contribution is 2.44. The lowest BCUT2D eigenvalue weighted by atomic mass is 9.85. The Kier molecular flexibility index (Phi) is 4.24. The average molecular weight is 247 g/mol. The second-order valence-electron chi connectivity index (χ2n) is 5.68. The van der Waals surface area contributed by atoms with Gasteiger partial charge in [-0.15, -0.1) is 12.4 Å². The maximum absolute atomic E-state index is 12.1. The molecule has 0 atom stereocenters. The number of nitrogens with one attached hydrogen (secondary N) is 1. The quantitative estimate of drug-likeness (QED) is 0.796. The predicted molar refractivity (Wildman–Crippen MR) is 67.6 cm³/mol. The van der Waals surface area contributed by atoms with Crippen LogP contribution in [0.25, 0.3) is 0 Å². The standard InChI is InChI=1S/C12H22N2O.ClH/c1-11(6-7-11)9-14-10(15)12(8-13)4-2-3-5-12;/h2-9,13H2,1H3,(H,14,15);1H. The van der Waals surface area contributed by atoms with Crippen LogP contribution in [0.1, 0.15) is 45.4 Å². The van der Waals surface area contributed by atoms with Crippen LogP contribution in [0.3, 0.4) is 0 Å². The molecular weight excluding hydrogens is 224 g/mol. The van der Waals surface area contributed by atoms with E-state index >= 15 is 0 Å². The first kappa shape index (κ1) is 13.8. The molecule has 0 heterocycles. The fourth-order valence-corrected chi connectivity index (χ4v) is 2.45. The minimum absolute atomic E-state index is 0. The Morgan fingerprint density at radius 2 is 1.81 bits per heavy atom. The first-order valence-corrected chi connectivity index (χ1v) is 6.09. The molecule has 94 valence electrons. The Morgan fingerprint density at radius 3 is 2.25 bits per heavy atom. The van der Waals surface area contributed by atoms with Crippen LogP contribution in [0.4, 0.5) is 0 Å². The van der Waals surface area contributed by atoms with Gasteiger partial charge in [-0.2, -0.15) is 0 Å². The third kappa shape index (κ3) is 2.69. The molecule has 2 saturated carbocycles. The molecule has 0 aromatic carbocycles. The second kappa shape index (κ2) is 4.92. The van der Waals surface area contributed by atoms with Crippen molar-refractivity contribution in [2.24, 2.45) is 16.6 Å². The van der Waals surface area contributed by atoms with Crippen LogP contribution in [0, 0.1) is 10.8 Å². The number of amides is 1. The van der Waals surface area contributed by atoms with Crippen molar-refractivity contribution < 1.29 is 4.79 Å². The van der Waals surface area contributed by atoms with Crippen molar-refractivity contribution in [2.45, 2.75) is 45.4 Å². The van der Waals surface area contributed by atoms with E-state index in [1.165, 1.54) is 12.8 Å². The van der Waals surface area contributed by atoms with Gasteiger partial charge in [0.1, 0.15) is 0 Å². The molecule has 3 N–H and O–H groups in total. The smallest absolute Gasteiger partial charge is 0.227 e. The first-order valence-electron chi connectivity index (χ1n) is 6.09. The molecule has 4 heteroatoms. The lowest BCUT2D eigenvalue weighted by molar-refractivity contribution is -0.130. The Labute approximate surface area is 104 Å². The van der Waals surface area contributed by atoms with Crippen molar-refractivity contribution in [1.29, 1.82) is 0 Å². The van der Waals surface area contributed by atoms with Crippen molar-refractivity contribution in [2.75, 3.05) is 13.1 Å². The van der Waals surface area contributed by atoms with Gasteiger partial charge in [-0.25, -0.2) is 0 Å². The van der Waals surface area contributed by atoms with Crippen LogP contribution in [0.15, 0.2) is 0 Å². The summed E-state index contributed by atoms with van der Waals surface area (Å²) < 4.78 is 0. The zero-order valence-electron chi connectivity index (χ0n) is 10.1. The minimum Gasteiger partial charge on any atom is -0.355 e. The van der Waals surface area contributed by atoms with Crippen LogP contribution < -0.4 is 11.1 Å². The summed E-state index contributed by atoms with van der Waals surface area (Å²) in [5, 5.41) is 3.10. The SMILES string of the molecule is CC1(CNC(=O)C2(CN)CCCC2)CC1.Cl. The number of hydrogen-bond acceptors (Lipinski definition) is 2. The fourth-order valence-electron chi connectivity index (χ4n) is 2.45. The number of hydrogen-bond donors (Lipinski definition) is 2. The van der Waals surface area contributed by atoms with Crippen molar-refractivity contribution >= 4 is 18.3 Å². The van der Waals surface area contributed by atoms with Gasteiger partial charge in [-0.05, 0) is 31.1 Å². The van der Waals surface area contributed by atoms with E-state index in [0.717, 1.165) is 32.2 Å². The normalized spacial score (nSPS) is 24.6. The molecule has 0 bridgehead atoms. The number of carbonyl (C=O) groups excluding carboxylic acids is 1. The highest BCUT2D eigenvalue weighted by atomic mass is 35.5. The Bertz CT molecular complexity index is 258. The molecule has 2 aliphatic rings. The van der Waals surface area contributed by atoms with Gasteiger partial charge in [0.05, 0.1) is 5.41 Å². The monoisotopic (exact) mass is 246 g/mol. The van der Waals surface area contributed by atoms with Crippen LogP contribution in [-0.2, 0) is 4.79 Å². The lowest BCUT2D eigenvalue weighted by Gasteiger charge is -2.26. The number of carbonyl (C=O) groups is 1. The van der Waals surface area contributed by atoms with Gasteiger partial charge in [0.25, 0.3) is 0 Å². The molecular formula is C12H23ClN2O. The van der Waals surface area contributed by atoms with E-state index < -0.39 is 0 Å². The van der Waals surface area contributed by atoms with E-state index in [1.807, 2.05) is 0 Å². The molecule has 0 aromatic rings. The molecule has 3 nitrogen and oxygen atoms in total. The maximum atomic E-state index is 12.1. The zero-order chi connectivity index (χ0) is 10.9. The van der Waals surface area contributed by atoms with Crippen molar-refractivity contribution in [3.63, 3.8) is 0 Å². The maximum Gasteiger partial charge on any atom is 0.227 e.